The maximum Gasteiger partial charge on any atom is 0.124 e. The van der Waals surface area contributed by atoms with Gasteiger partial charge >= 0.3 is 0 Å². The first-order chi connectivity index (χ1) is 7.68. The Hall–Kier alpha value is -1.08. The van der Waals surface area contributed by atoms with Crippen molar-refractivity contribution in [2.24, 2.45) is 0 Å². The van der Waals surface area contributed by atoms with E-state index in [0.29, 0.717) is 14.7 Å². The van der Waals surface area contributed by atoms with Crippen LogP contribution in [-0.2, 0) is 0 Å². The third-order valence-electron chi connectivity index (χ3n) is 2.15. The Morgan fingerprint density at radius 2 is 1.94 bits per heavy atom. The van der Waals surface area contributed by atoms with Gasteiger partial charge in [-0.05, 0) is 40.3 Å². The van der Waals surface area contributed by atoms with E-state index in [-0.39, 0.29) is 5.82 Å². The van der Waals surface area contributed by atoms with E-state index >= 15 is 0 Å². The summed E-state index contributed by atoms with van der Waals surface area (Å²) >= 11 is 1.99. The molecule has 3 nitrogen and oxygen atoms in total. The summed E-state index contributed by atoms with van der Waals surface area (Å²) in [5.41, 5.74) is 1.24. The Morgan fingerprint density at radius 1 is 1.25 bits per heavy atom. The number of benzene rings is 1. The summed E-state index contributed by atoms with van der Waals surface area (Å²) in [6.45, 7) is 0. The van der Waals surface area contributed by atoms with E-state index in [1.807, 2.05) is 22.6 Å². The highest BCUT2D eigenvalue weighted by atomic mass is 127. The van der Waals surface area contributed by atoms with Crippen LogP contribution in [0, 0.1) is 9.39 Å². The van der Waals surface area contributed by atoms with Crippen molar-refractivity contribution in [2.75, 3.05) is 0 Å². The van der Waals surface area contributed by atoms with E-state index in [9.17, 15) is 9.50 Å². The van der Waals surface area contributed by atoms with Crippen LogP contribution in [0.4, 0.5) is 4.39 Å². The lowest BCUT2D eigenvalue weighted by atomic mass is 10.0. The minimum atomic E-state index is -0.825. The maximum atomic E-state index is 12.9. The van der Waals surface area contributed by atoms with Gasteiger partial charge < -0.3 is 5.11 Å². The van der Waals surface area contributed by atoms with Gasteiger partial charge in [0.25, 0.3) is 0 Å². The van der Waals surface area contributed by atoms with Crippen molar-refractivity contribution in [3.8, 4) is 0 Å². The minimum absolute atomic E-state index is 0.315. The first-order valence-corrected chi connectivity index (χ1v) is 5.64. The third kappa shape index (κ3) is 2.35. The fourth-order valence-electron chi connectivity index (χ4n) is 1.35. The molecule has 1 atom stereocenters. The highest BCUT2D eigenvalue weighted by molar-refractivity contribution is 14.1. The van der Waals surface area contributed by atoms with Crippen LogP contribution in [0.3, 0.4) is 0 Å². The molecule has 1 unspecified atom stereocenters. The molecule has 0 fully saturated rings. The largest absolute Gasteiger partial charge is 0.384 e. The summed E-state index contributed by atoms with van der Waals surface area (Å²) in [6.07, 6.45) is 3.65. The zero-order chi connectivity index (χ0) is 11.5. The normalized spacial score (nSPS) is 12.4. The van der Waals surface area contributed by atoms with Crippen molar-refractivity contribution in [3.63, 3.8) is 0 Å². The van der Waals surface area contributed by atoms with Crippen LogP contribution in [0.2, 0.25) is 0 Å². The first-order valence-electron chi connectivity index (χ1n) is 4.56. The van der Waals surface area contributed by atoms with Crippen molar-refractivity contribution in [1.82, 2.24) is 9.97 Å². The summed E-state index contributed by atoms with van der Waals surface area (Å²) < 4.78 is 13.6. The van der Waals surface area contributed by atoms with Crippen LogP contribution in [0.1, 0.15) is 17.2 Å². The molecule has 0 bridgehead atoms. The predicted molar refractivity (Wildman–Crippen MR) is 65.2 cm³/mol. The van der Waals surface area contributed by atoms with Crippen LogP contribution in [0.25, 0.3) is 0 Å². The van der Waals surface area contributed by atoms with Gasteiger partial charge in [-0.2, -0.15) is 0 Å². The van der Waals surface area contributed by atoms with Crippen LogP contribution in [-0.4, -0.2) is 15.1 Å². The number of rotatable bonds is 2. The number of nitrogens with zero attached hydrogens (tertiary/aromatic N) is 2. The van der Waals surface area contributed by atoms with E-state index in [4.69, 9.17) is 0 Å². The highest BCUT2D eigenvalue weighted by Crippen LogP contribution is 2.25. The van der Waals surface area contributed by atoms with E-state index in [2.05, 4.69) is 9.97 Å². The van der Waals surface area contributed by atoms with Gasteiger partial charge in [0.05, 0.1) is 0 Å². The fourth-order valence-corrected chi connectivity index (χ4v) is 2.13. The number of aliphatic hydroxyl groups excluding tert-OH is 1. The second-order valence-electron chi connectivity index (χ2n) is 3.24. The van der Waals surface area contributed by atoms with Crippen molar-refractivity contribution < 1.29 is 9.50 Å². The quantitative estimate of drug-likeness (QED) is 0.860. The molecule has 0 saturated carbocycles. The van der Waals surface area contributed by atoms with Gasteiger partial charge in [0.1, 0.15) is 18.2 Å². The molecular formula is C11H8FIN2O. The topological polar surface area (TPSA) is 46.0 Å². The molecule has 2 aromatic rings. The fraction of sp³-hybridized carbons (Fsp3) is 0.0909. The second kappa shape index (κ2) is 4.84. The number of hydrogen-bond acceptors (Lipinski definition) is 3. The molecule has 1 aromatic heterocycles. The Balaban J connectivity index is 2.38. The van der Waals surface area contributed by atoms with Crippen LogP contribution in [0.5, 0.6) is 0 Å². The Bertz CT molecular complexity index is 493. The van der Waals surface area contributed by atoms with Crippen LogP contribution in [0.15, 0.2) is 36.9 Å². The average molecular weight is 330 g/mol. The molecule has 1 heterocycles. The molecule has 0 spiro atoms. The lowest BCUT2D eigenvalue weighted by Gasteiger charge is -2.12. The zero-order valence-corrected chi connectivity index (χ0v) is 10.3. The van der Waals surface area contributed by atoms with Gasteiger partial charge in [0.15, 0.2) is 0 Å². The van der Waals surface area contributed by atoms with Gasteiger partial charge in [0.2, 0.25) is 0 Å². The van der Waals surface area contributed by atoms with E-state index in [1.54, 1.807) is 6.07 Å². The monoisotopic (exact) mass is 330 g/mol. The molecule has 0 saturated heterocycles. The molecule has 82 valence electrons. The number of halogens is 2. The van der Waals surface area contributed by atoms with E-state index in [0.717, 1.165) is 0 Å². The van der Waals surface area contributed by atoms with Crippen molar-refractivity contribution in [1.29, 1.82) is 0 Å². The number of aliphatic hydroxyl groups is 1. The SMILES string of the molecule is OC(c1cncnc1)c1ccc(F)cc1I. The summed E-state index contributed by atoms with van der Waals surface area (Å²) in [6, 6.07) is 4.27. The molecule has 0 aliphatic carbocycles. The molecule has 1 N–H and O–H groups in total. The smallest absolute Gasteiger partial charge is 0.124 e. The molecular weight excluding hydrogens is 322 g/mol. The molecule has 0 aliphatic rings. The maximum absolute atomic E-state index is 12.9. The van der Waals surface area contributed by atoms with Gasteiger partial charge in [-0.15, -0.1) is 0 Å². The summed E-state index contributed by atoms with van der Waals surface area (Å²) in [5, 5.41) is 10.1. The Morgan fingerprint density at radius 3 is 2.56 bits per heavy atom. The van der Waals surface area contributed by atoms with Gasteiger partial charge in [-0.25, -0.2) is 14.4 Å². The van der Waals surface area contributed by atoms with Gasteiger partial charge in [0, 0.05) is 21.5 Å². The highest BCUT2D eigenvalue weighted by Gasteiger charge is 2.14. The third-order valence-corrected chi connectivity index (χ3v) is 3.09. The van der Waals surface area contributed by atoms with Crippen LogP contribution >= 0.6 is 22.6 Å². The molecule has 0 amide bonds. The van der Waals surface area contributed by atoms with Crippen molar-refractivity contribution in [3.05, 3.63) is 57.4 Å². The van der Waals surface area contributed by atoms with E-state index < -0.39 is 6.10 Å². The molecule has 16 heavy (non-hydrogen) atoms. The van der Waals surface area contributed by atoms with E-state index in [1.165, 1.54) is 30.9 Å². The lowest BCUT2D eigenvalue weighted by Crippen LogP contribution is -2.03. The van der Waals surface area contributed by atoms with Crippen molar-refractivity contribution in [2.45, 2.75) is 6.10 Å². The molecule has 0 radical (unpaired) electrons. The molecule has 1 aromatic carbocycles. The Kier molecular flexibility index (Phi) is 3.45. The molecule has 5 heteroatoms. The zero-order valence-electron chi connectivity index (χ0n) is 8.14. The summed E-state index contributed by atoms with van der Waals surface area (Å²) in [4.78, 5) is 7.66. The minimum Gasteiger partial charge on any atom is -0.384 e. The standard InChI is InChI=1S/C11H8FIN2O/c12-8-1-2-9(10(13)3-8)11(16)7-4-14-6-15-5-7/h1-6,11,16H. The molecule has 2 rings (SSSR count). The lowest BCUT2D eigenvalue weighted by molar-refractivity contribution is 0.218. The number of hydrogen-bond donors (Lipinski definition) is 1. The van der Waals surface area contributed by atoms with Crippen LogP contribution < -0.4 is 0 Å². The van der Waals surface area contributed by atoms with Gasteiger partial charge in [-0.3, -0.25) is 0 Å². The van der Waals surface area contributed by atoms with Crippen molar-refractivity contribution >= 4 is 22.6 Å². The van der Waals surface area contributed by atoms with Gasteiger partial charge in [-0.1, -0.05) is 6.07 Å². The summed E-state index contributed by atoms with van der Waals surface area (Å²) in [7, 11) is 0. The Labute approximate surface area is 106 Å². The number of aromatic nitrogens is 2. The predicted octanol–water partition coefficient (Wildman–Crippen LogP) is 2.30. The molecule has 0 aliphatic heterocycles. The first kappa shape index (κ1) is 11.4. The average Bonchev–Trinajstić information content (AvgIpc) is 2.29. The summed E-state index contributed by atoms with van der Waals surface area (Å²) in [5.74, 6) is -0.315. The second-order valence-corrected chi connectivity index (χ2v) is 4.40.